The number of pyridine rings is 1. The topological polar surface area (TPSA) is 53.6 Å². The molecule has 0 aliphatic carbocycles. The van der Waals surface area contributed by atoms with E-state index in [1.54, 1.807) is 0 Å². The molecule has 1 aliphatic rings. The molecule has 2 N–H and O–H groups in total. The van der Waals surface area contributed by atoms with Crippen LogP contribution in [0.25, 0.3) is 21.9 Å². The first-order valence-corrected chi connectivity index (χ1v) is 7.25. The molecule has 0 saturated carbocycles. The van der Waals surface area contributed by atoms with Gasteiger partial charge in [0.15, 0.2) is 0 Å². The average molecular weight is 268 g/mol. The van der Waals surface area contributed by atoms with Gasteiger partial charge in [-0.15, -0.1) is 0 Å². The van der Waals surface area contributed by atoms with Crippen LogP contribution in [0, 0.1) is 6.92 Å². The van der Waals surface area contributed by atoms with Gasteiger partial charge in [-0.3, -0.25) is 4.98 Å². The molecule has 0 spiro atoms. The highest BCUT2D eigenvalue weighted by atomic mass is 14.9. The van der Waals surface area contributed by atoms with Crippen LogP contribution >= 0.6 is 0 Å². The highest BCUT2D eigenvalue weighted by molar-refractivity contribution is 6.01. The number of benzene rings is 1. The maximum atomic E-state index is 4.45. The molecule has 20 heavy (non-hydrogen) atoms. The Hall–Kier alpha value is -1.94. The minimum atomic E-state index is 0.929. The molecule has 3 aromatic rings. The van der Waals surface area contributed by atoms with Crippen molar-refractivity contribution in [2.45, 2.75) is 26.2 Å². The highest BCUT2D eigenvalue weighted by Gasteiger charge is 2.04. The lowest BCUT2D eigenvalue weighted by Gasteiger charge is -2.08. The van der Waals surface area contributed by atoms with Crippen LogP contribution in [0.15, 0.2) is 30.5 Å². The van der Waals surface area contributed by atoms with Crippen molar-refractivity contribution in [2.75, 3.05) is 13.1 Å². The van der Waals surface area contributed by atoms with Crippen LogP contribution in [0.3, 0.4) is 0 Å². The van der Waals surface area contributed by atoms with Gasteiger partial charge in [0.1, 0.15) is 5.82 Å². The minimum absolute atomic E-state index is 0.929. The lowest BCUT2D eigenvalue weighted by atomic mass is 10.2. The van der Waals surface area contributed by atoms with Gasteiger partial charge in [-0.1, -0.05) is 24.6 Å². The van der Waals surface area contributed by atoms with Crippen molar-refractivity contribution in [3.63, 3.8) is 0 Å². The maximum Gasteiger partial charge on any atom is 0.104 e. The van der Waals surface area contributed by atoms with E-state index in [1.165, 1.54) is 32.4 Å². The first-order valence-electron chi connectivity index (χ1n) is 7.25. The first-order chi connectivity index (χ1) is 9.84. The minimum Gasteiger partial charge on any atom is -0.341 e. The Morgan fingerprint density at radius 2 is 1.85 bits per heavy atom. The molecule has 3 heterocycles. The van der Waals surface area contributed by atoms with E-state index in [-0.39, 0.29) is 0 Å². The largest absolute Gasteiger partial charge is 0.341 e. The fraction of sp³-hybridized carbons (Fsp3) is 0.375. The third-order valence-electron chi connectivity index (χ3n) is 3.55. The van der Waals surface area contributed by atoms with E-state index in [0.29, 0.717) is 0 Å². The summed E-state index contributed by atoms with van der Waals surface area (Å²) in [6.07, 6.45) is 6.05. The third-order valence-corrected chi connectivity index (χ3v) is 3.55. The molecule has 0 amide bonds. The standard InChI is InChI=1S/C11H9N3.C5H11N/c1-7-13-10-6-12-9-5-3-2-4-8(9)11(10)14-7;1-2-4-6-5-3-1/h2-6H,1H3,(H,13,14);6H,1-5H2. The number of para-hydroxylation sites is 1. The summed E-state index contributed by atoms with van der Waals surface area (Å²) in [7, 11) is 0. The number of piperidine rings is 1. The van der Waals surface area contributed by atoms with Crippen molar-refractivity contribution in [2.24, 2.45) is 0 Å². The Kier molecular flexibility index (Phi) is 3.92. The molecular weight excluding hydrogens is 248 g/mol. The second kappa shape index (κ2) is 6.01. The number of nitrogens with zero attached hydrogens (tertiary/aromatic N) is 2. The number of aromatic nitrogens is 3. The van der Waals surface area contributed by atoms with Crippen molar-refractivity contribution >= 4 is 21.9 Å². The number of aryl methyl sites for hydroxylation is 1. The molecule has 4 heteroatoms. The van der Waals surface area contributed by atoms with E-state index in [0.717, 1.165) is 27.8 Å². The third kappa shape index (κ3) is 2.80. The maximum absolute atomic E-state index is 4.45. The average Bonchev–Trinajstić information content (AvgIpc) is 2.90. The predicted octanol–water partition coefficient (Wildman–Crippen LogP) is 3.18. The lowest BCUT2D eigenvalue weighted by molar-refractivity contribution is 0.520. The second-order valence-corrected chi connectivity index (χ2v) is 5.17. The van der Waals surface area contributed by atoms with E-state index in [4.69, 9.17) is 0 Å². The van der Waals surface area contributed by atoms with Gasteiger partial charge in [0.05, 0.1) is 22.7 Å². The van der Waals surface area contributed by atoms with Crippen molar-refractivity contribution in [1.29, 1.82) is 0 Å². The van der Waals surface area contributed by atoms with E-state index < -0.39 is 0 Å². The number of imidazole rings is 1. The van der Waals surface area contributed by atoms with Crippen LogP contribution in [0.1, 0.15) is 25.1 Å². The molecule has 1 saturated heterocycles. The van der Waals surface area contributed by atoms with Gasteiger partial charge in [0.25, 0.3) is 0 Å². The Balaban J connectivity index is 0.000000170. The van der Waals surface area contributed by atoms with E-state index in [9.17, 15) is 0 Å². The van der Waals surface area contributed by atoms with Gasteiger partial charge < -0.3 is 10.3 Å². The summed E-state index contributed by atoms with van der Waals surface area (Å²) in [5, 5.41) is 4.39. The second-order valence-electron chi connectivity index (χ2n) is 5.17. The molecule has 4 nitrogen and oxygen atoms in total. The van der Waals surface area contributed by atoms with Gasteiger partial charge in [-0.05, 0) is 38.9 Å². The quantitative estimate of drug-likeness (QED) is 0.658. The Morgan fingerprint density at radius 1 is 1.05 bits per heavy atom. The number of aromatic amines is 1. The summed E-state index contributed by atoms with van der Waals surface area (Å²) >= 11 is 0. The molecule has 104 valence electrons. The summed E-state index contributed by atoms with van der Waals surface area (Å²) in [6.45, 7) is 4.45. The summed E-state index contributed by atoms with van der Waals surface area (Å²) in [5.74, 6) is 0.929. The van der Waals surface area contributed by atoms with Crippen LogP contribution < -0.4 is 5.32 Å². The first kappa shape index (κ1) is 13.1. The van der Waals surface area contributed by atoms with Crippen molar-refractivity contribution in [1.82, 2.24) is 20.3 Å². The summed E-state index contributed by atoms with van der Waals surface area (Å²) < 4.78 is 0. The Bertz CT molecular complexity index is 686. The van der Waals surface area contributed by atoms with E-state index in [1.807, 2.05) is 37.4 Å². The molecule has 0 atom stereocenters. The molecule has 0 bridgehead atoms. The molecule has 1 aliphatic heterocycles. The SMILES string of the molecule is C1CCNCC1.Cc1nc2c(cnc3ccccc32)[nH]1. The smallest absolute Gasteiger partial charge is 0.104 e. The van der Waals surface area contributed by atoms with Gasteiger partial charge in [-0.25, -0.2) is 4.98 Å². The Labute approximate surface area is 118 Å². The van der Waals surface area contributed by atoms with Gasteiger partial charge >= 0.3 is 0 Å². The molecule has 2 aromatic heterocycles. The Morgan fingerprint density at radius 3 is 2.55 bits per heavy atom. The molecule has 0 unspecified atom stereocenters. The van der Waals surface area contributed by atoms with Crippen LogP contribution in [0.2, 0.25) is 0 Å². The van der Waals surface area contributed by atoms with Crippen molar-refractivity contribution in [3.05, 3.63) is 36.3 Å². The number of H-pyrrole nitrogens is 1. The zero-order valence-corrected chi connectivity index (χ0v) is 11.8. The summed E-state index contributed by atoms with van der Waals surface area (Å²) in [4.78, 5) is 12.0. The highest BCUT2D eigenvalue weighted by Crippen LogP contribution is 2.20. The van der Waals surface area contributed by atoms with Crippen LogP contribution in [-0.4, -0.2) is 28.0 Å². The number of rotatable bonds is 0. The van der Waals surface area contributed by atoms with Gasteiger partial charge in [0, 0.05) is 5.39 Å². The van der Waals surface area contributed by atoms with Gasteiger partial charge in [0.2, 0.25) is 0 Å². The molecule has 1 aromatic carbocycles. The normalized spacial score (nSPS) is 15.1. The number of nitrogens with one attached hydrogen (secondary N) is 2. The number of fused-ring (bicyclic) bond motifs is 3. The fourth-order valence-corrected chi connectivity index (χ4v) is 2.53. The number of hydrogen-bond acceptors (Lipinski definition) is 3. The lowest BCUT2D eigenvalue weighted by Crippen LogP contribution is -2.21. The molecule has 4 rings (SSSR count). The van der Waals surface area contributed by atoms with Crippen LogP contribution in [0.5, 0.6) is 0 Å². The van der Waals surface area contributed by atoms with Crippen LogP contribution in [0.4, 0.5) is 0 Å². The number of hydrogen-bond donors (Lipinski definition) is 2. The summed E-state index contributed by atoms with van der Waals surface area (Å²) in [6, 6.07) is 8.04. The molecular formula is C16H20N4. The van der Waals surface area contributed by atoms with Gasteiger partial charge in [-0.2, -0.15) is 0 Å². The zero-order chi connectivity index (χ0) is 13.8. The summed E-state index contributed by atoms with van der Waals surface area (Å²) in [5.41, 5.74) is 3.00. The van der Waals surface area contributed by atoms with Crippen molar-refractivity contribution < 1.29 is 0 Å². The molecule has 1 fully saturated rings. The van der Waals surface area contributed by atoms with E-state index >= 15 is 0 Å². The van der Waals surface area contributed by atoms with Crippen molar-refractivity contribution in [3.8, 4) is 0 Å². The zero-order valence-electron chi connectivity index (χ0n) is 11.8. The molecule has 0 radical (unpaired) electrons. The monoisotopic (exact) mass is 268 g/mol. The fourth-order valence-electron chi connectivity index (χ4n) is 2.53. The van der Waals surface area contributed by atoms with E-state index in [2.05, 4.69) is 20.3 Å². The predicted molar refractivity (Wildman–Crippen MR) is 82.9 cm³/mol. The van der Waals surface area contributed by atoms with Crippen LogP contribution in [-0.2, 0) is 0 Å².